The third kappa shape index (κ3) is 7.49. The first-order valence-electron chi connectivity index (χ1n) is 13.3. The van der Waals surface area contributed by atoms with E-state index in [0.29, 0.717) is 32.5 Å². The molecule has 1 heterocycles. The van der Waals surface area contributed by atoms with Crippen molar-refractivity contribution in [3.05, 3.63) is 101 Å². The monoisotopic (exact) mass is 535 g/mol. The molecule has 1 unspecified atom stereocenters. The van der Waals surface area contributed by atoms with Gasteiger partial charge in [-0.1, -0.05) is 42.5 Å². The first-order valence-corrected chi connectivity index (χ1v) is 13.3. The van der Waals surface area contributed by atoms with Crippen LogP contribution in [0, 0.1) is 25.5 Å². The van der Waals surface area contributed by atoms with Crippen LogP contribution < -0.4 is 5.32 Å². The van der Waals surface area contributed by atoms with Crippen LogP contribution in [0.25, 0.3) is 0 Å². The molecule has 0 bridgehead atoms. The maximum absolute atomic E-state index is 13.5. The van der Waals surface area contributed by atoms with Gasteiger partial charge in [-0.2, -0.15) is 0 Å². The Labute approximate surface area is 228 Å². The van der Waals surface area contributed by atoms with Gasteiger partial charge in [-0.15, -0.1) is 0 Å². The normalized spacial score (nSPS) is 16.4. The number of hydrogen-bond acceptors (Lipinski definition) is 4. The van der Waals surface area contributed by atoms with Crippen molar-refractivity contribution >= 4 is 17.6 Å². The lowest BCUT2D eigenvalue weighted by Crippen LogP contribution is -2.57. The van der Waals surface area contributed by atoms with Crippen LogP contribution >= 0.6 is 0 Å². The molecule has 3 aromatic carbocycles. The molecule has 0 aliphatic carbocycles. The minimum absolute atomic E-state index is 0.0654. The fourth-order valence-corrected chi connectivity index (χ4v) is 5.33. The van der Waals surface area contributed by atoms with Crippen LogP contribution in [-0.4, -0.2) is 65.5 Å². The second kappa shape index (κ2) is 13.0. The lowest BCUT2D eigenvalue weighted by Gasteiger charge is -2.39. The highest BCUT2D eigenvalue weighted by atomic mass is 19.1. The number of nitrogens with one attached hydrogen (secondary N) is 1. The molecular formula is C31H35F2N3O3. The van der Waals surface area contributed by atoms with Crippen LogP contribution in [0.3, 0.4) is 0 Å². The van der Waals surface area contributed by atoms with Crippen LogP contribution in [0.4, 0.5) is 14.5 Å². The van der Waals surface area contributed by atoms with Gasteiger partial charge in [-0.25, -0.2) is 8.78 Å². The quantitative estimate of drug-likeness (QED) is 0.373. The Morgan fingerprint density at radius 1 is 0.923 bits per heavy atom. The number of carboxylic acid groups (broad SMARTS) is 1. The summed E-state index contributed by atoms with van der Waals surface area (Å²) in [6.07, 6.45) is 1.40. The number of hydrogen-bond donors (Lipinski definition) is 2. The van der Waals surface area contributed by atoms with E-state index in [-0.39, 0.29) is 36.5 Å². The predicted octanol–water partition coefficient (Wildman–Crippen LogP) is 5.20. The van der Waals surface area contributed by atoms with E-state index in [2.05, 4.69) is 5.32 Å². The molecule has 1 amide bonds. The van der Waals surface area contributed by atoms with E-state index in [1.54, 1.807) is 24.3 Å². The van der Waals surface area contributed by atoms with E-state index in [1.165, 1.54) is 24.3 Å². The van der Waals surface area contributed by atoms with Gasteiger partial charge in [0, 0.05) is 31.2 Å². The summed E-state index contributed by atoms with van der Waals surface area (Å²) < 4.78 is 27.1. The molecule has 1 fully saturated rings. The predicted molar refractivity (Wildman–Crippen MR) is 148 cm³/mol. The zero-order chi connectivity index (χ0) is 27.9. The lowest BCUT2D eigenvalue weighted by molar-refractivity contribution is -0.146. The van der Waals surface area contributed by atoms with Crippen LogP contribution in [0.1, 0.15) is 41.0 Å². The third-order valence-corrected chi connectivity index (χ3v) is 7.46. The van der Waals surface area contributed by atoms with Crippen LogP contribution in [0.2, 0.25) is 0 Å². The summed E-state index contributed by atoms with van der Waals surface area (Å²) in [5.74, 6) is -1.78. The van der Waals surface area contributed by atoms with Crippen molar-refractivity contribution in [2.24, 2.45) is 0 Å². The second-order valence-corrected chi connectivity index (χ2v) is 10.2. The number of carbonyl (C=O) groups excluding carboxylic acids is 1. The van der Waals surface area contributed by atoms with E-state index in [0.717, 1.165) is 27.9 Å². The molecular weight excluding hydrogens is 500 g/mol. The molecule has 0 saturated carbocycles. The number of anilines is 1. The molecule has 3 aromatic rings. The van der Waals surface area contributed by atoms with E-state index in [4.69, 9.17) is 0 Å². The highest BCUT2D eigenvalue weighted by molar-refractivity contribution is 5.93. The number of benzene rings is 3. The molecule has 1 aliphatic heterocycles. The molecule has 0 radical (unpaired) electrons. The Kier molecular flexibility index (Phi) is 9.43. The number of carboxylic acids is 1. The molecule has 0 aromatic heterocycles. The van der Waals surface area contributed by atoms with Crippen molar-refractivity contribution in [3.63, 3.8) is 0 Å². The molecule has 206 valence electrons. The molecule has 39 heavy (non-hydrogen) atoms. The fourth-order valence-electron chi connectivity index (χ4n) is 5.33. The Balaban J connectivity index is 1.36. The van der Waals surface area contributed by atoms with Gasteiger partial charge in [0.15, 0.2) is 0 Å². The van der Waals surface area contributed by atoms with E-state index in [1.807, 2.05) is 41.8 Å². The van der Waals surface area contributed by atoms with Gasteiger partial charge >= 0.3 is 5.97 Å². The van der Waals surface area contributed by atoms with Crippen molar-refractivity contribution in [1.29, 1.82) is 0 Å². The molecule has 1 atom stereocenters. The van der Waals surface area contributed by atoms with Gasteiger partial charge in [-0.3, -0.25) is 19.4 Å². The number of aryl methyl sites for hydroxylation is 2. The number of aliphatic carboxylic acids is 1. The maximum Gasteiger partial charge on any atom is 0.322 e. The Morgan fingerprint density at radius 3 is 2.03 bits per heavy atom. The van der Waals surface area contributed by atoms with Gasteiger partial charge in [0.2, 0.25) is 5.91 Å². The van der Waals surface area contributed by atoms with Crippen LogP contribution in [0.15, 0.2) is 66.7 Å². The third-order valence-electron chi connectivity index (χ3n) is 7.46. The summed E-state index contributed by atoms with van der Waals surface area (Å²) in [7, 11) is 0. The molecule has 1 saturated heterocycles. The molecule has 2 N–H and O–H groups in total. The van der Waals surface area contributed by atoms with E-state index in [9.17, 15) is 23.5 Å². The molecule has 6 nitrogen and oxygen atoms in total. The van der Waals surface area contributed by atoms with Crippen LogP contribution in [0.5, 0.6) is 0 Å². The van der Waals surface area contributed by atoms with Gasteiger partial charge in [0.1, 0.15) is 17.7 Å². The Bertz CT molecular complexity index is 1220. The average Bonchev–Trinajstić information content (AvgIpc) is 2.91. The van der Waals surface area contributed by atoms with Gasteiger partial charge in [0.25, 0.3) is 0 Å². The number of nitrogens with zero attached hydrogens (tertiary/aromatic N) is 2. The minimum atomic E-state index is -0.913. The number of halogens is 2. The fraction of sp³-hybridized carbons (Fsp3) is 0.355. The summed E-state index contributed by atoms with van der Waals surface area (Å²) in [4.78, 5) is 28.7. The standard InChI is InChI=1S/C31H35F2N3O3/c1-21-5-3-6-22(2)30(21)34-29(37)20-35-17-18-36(28(19-35)31(38)39)16-4-7-27(23-8-12-25(32)13-9-23)24-10-14-26(33)15-11-24/h3,5-6,8-15,27-28H,4,7,16-20H2,1-2H3,(H,34,37)(H,38,39). The van der Waals surface area contributed by atoms with E-state index < -0.39 is 12.0 Å². The number of carbonyl (C=O) groups is 2. The number of para-hydroxylation sites is 1. The molecule has 8 heteroatoms. The number of rotatable bonds is 10. The zero-order valence-corrected chi connectivity index (χ0v) is 22.4. The van der Waals surface area contributed by atoms with E-state index >= 15 is 0 Å². The first kappa shape index (κ1) is 28.4. The van der Waals surface area contributed by atoms with Crippen molar-refractivity contribution in [2.75, 3.05) is 38.0 Å². The Hall–Kier alpha value is -3.62. The molecule has 0 spiro atoms. The van der Waals surface area contributed by atoms with Crippen LogP contribution in [-0.2, 0) is 9.59 Å². The lowest BCUT2D eigenvalue weighted by atomic mass is 9.87. The summed E-state index contributed by atoms with van der Waals surface area (Å²) >= 11 is 0. The largest absolute Gasteiger partial charge is 0.480 e. The zero-order valence-electron chi connectivity index (χ0n) is 22.4. The number of piperazine rings is 1. The van der Waals surface area contributed by atoms with Crippen molar-refractivity contribution in [1.82, 2.24) is 9.80 Å². The van der Waals surface area contributed by atoms with Gasteiger partial charge in [-0.05, 0) is 79.8 Å². The maximum atomic E-state index is 13.5. The van der Waals surface area contributed by atoms with Crippen molar-refractivity contribution in [2.45, 2.75) is 38.6 Å². The topological polar surface area (TPSA) is 72.9 Å². The smallest absolute Gasteiger partial charge is 0.322 e. The average molecular weight is 536 g/mol. The number of amides is 1. The summed E-state index contributed by atoms with van der Waals surface area (Å²) in [6.45, 7) is 5.96. The molecule has 1 aliphatic rings. The summed E-state index contributed by atoms with van der Waals surface area (Å²) in [6, 6.07) is 17.8. The molecule has 4 rings (SSSR count). The SMILES string of the molecule is Cc1cccc(C)c1NC(=O)CN1CCN(CCCC(c2ccc(F)cc2)c2ccc(F)cc2)C(C(=O)O)C1. The summed E-state index contributed by atoms with van der Waals surface area (Å²) in [5, 5.41) is 12.9. The Morgan fingerprint density at radius 2 is 1.49 bits per heavy atom. The summed E-state index contributed by atoms with van der Waals surface area (Å²) in [5.41, 5.74) is 4.62. The first-order chi connectivity index (χ1) is 18.7. The highest BCUT2D eigenvalue weighted by Gasteiger charge is 2.33. The van der Waals surface area contributed by atoms with Crippen molar-refractivity contribution < 1.29 is 23.5 Å². The van der Waals surface area contributed by atoms with Crippen molar-refractivity contribution in [3.8, 4) is 0 Å². The second-order valence-electron chi connectivity index (χ2n) is 10.2. The highest BCUT2D eigenvalue weighted by Crippen LogP contribution is 2.30. The van der Waals surface area contributed by atoms with Gasteiger partial charge < -0.3 is 10.4 Å². The van der Waals surface area contributed by atoms with Gasteiger partial charge in [0.05, 0.1) is 6.54 Å². The minimum Gasteiger partial charge on any atom is -0.480 e.